The number of carbonyl (C=O) groups is 2. The summed E-state index contributed by atoms with van der Waals surface area (Å²) in [6, 6.07) is 8.06. The number of primary amides is 1. The summed E-state index contributed by atoms with van der Waals surface area (Å²) in [7, 11) is 0. The Labute approximate surface area is 147 Å². The van der Waals surface area contributed by atoms with Crippen LogP contribution >= 0.6 is 0 Å². The maximum Gasteiger partial charge on any atom is 0.227 e. The highest BCUT2D eigenvalue weighted by Gasteiger charge is 2.36. The van der Waals surface area contributed by atoms with Crippen molar-refractivity contribution in [3.8, 4) is 0 Å². The Hall–Kier alpha value is -2.34. The summed E-state index contributed by atoms with van der Waals surface area (Å²) in [6.07, 6.45) is 3.38. The highest BCUT2D eigenvalue weighted by molar-refractivity contribution is 5.89. The maximum absolute atomic E-state index is 12.8. The number of β-amino-alcohol motifs (C(OH)–C–C–N with tert-alkyl or cyclic N) is 1. The molecule has 2 amide bonds. The van der Waals surface area contributed by atoms with Gasteiger partial charge in [0, 0.05) is 36.7 Å². The summed E-state index contributed by atoms with van der Waals surface area (Å²) in [5.41, 5.74) is 6.15. The molecule has 1 aromatic heterocycles. The van der Waals surface area contributed by atoms with Crippen LogP contribution in [0.25, 0.3) is 10.9 Å². The largest absolute Gasteiger partial charge is 0.388 e. The van der Waals surface area contributed by atoms with Gasteiger partial charge >= 0.3 is 0 Å². The number of aliphatic hydroxyl groups is 1. The maximum atomic E-state index is 12.8. The zero-order valence-corrected chi connectivity index (χ0v) is 14.6. The molecule has 2 aromatic rings. The number of rotatable bonds is 5. The van der Waals surface area contributed by atoms with Crippen LogP contribution in [0, 0.1) is 0 Å². The number of aryl methyl sites for hydroxylation is 1. The lowest BCUT2D eigenvalue weighted by atomic mass is 9.89. The number of carbonyl (C=O) groups excluding carboxylic acids is 2. The van der Waals surface area contributed by atoms with E-state index in [0.29, 0.717) is 25.8 Å². The highest BCUT2D eigenvalue weighted by Crippen LogP contribution is 2.26. The van der Waals surface area contributed by atoms with Gasteiger partial charge in [0.1, 0.15) is 0 Å². The van der Waals surface area contributed by atoms with Gasteiger partial charge in [0.25, 0.3) is 0 Å². The van der Waals surface area contributed by atoms with Gasteiger partial charge < -0.3 is 20.3 Å². The van der Waals surface area contributed by atoms with E-state index in [-0.39, 0.29) is 18.9 Å². The van der Waals surface area contributed by atoms with Gasteiger partial charge in [-0.1, -0.05) is 18.2 Å². The molecule has 0 bridgehead atoms. The van der Waals surface area contributed by atoms with Crippen LogP contribution in [-0.4, -0.2) is 45.1 Å². The molecular formula is C19H25N3O3. The van der Waals surface area contributed by atoms with E-state index < -0.39 is 11.5 Å². The minimum Gasteiger partial charge on any atom is -0.388 e. The number of hydrogen-bond acceptors (Lipinski definition) is 3. The van der Waals surface area contributed by atoms with Crippen molar-refractivity contribution in [1.82, 2.24) is 9.47 Å². The molecule has 0 saturated carbocycles. The average Bonchev–Trinajstić information content (AvgIpc) is 2.92. The molecule has 1 fully saturated rings. The molecule has 1 atom stereocenters. The molecule has 6 heteroatoms. The van der Waals surface area contributed by atoms with Gasteiger partial charge in [-0.15, -0.1) is 0 Å². The lowest BCUT2D eigenvalue weighted by molar-refractivity contribution is -0.141. The molecular weight excluding hydrogens is 318 g/mol. The second kappa shape index (κ2) is 6.88. The van der Waals surface area contributed by atoms with Crippen LogP contribution in [0.5, 0.6) is 0 Å². The molecule has 1 aliphatic rings. The molecule has 0 radical (unpaired) electrons. The zero-order valence-electron chi connectivity index (χ0n) is 14.6. The number of likely N-dealkylation sites (tertiary alicyclic amines) is 1. The standard InChI is InChI=1S/C19H25N3O3/c1-2-21-12-14(15-6-3-4-7-16(15)21)10-18(24)22-9-5-8-19(25,13-22)11-17(20)23/h3-4,6-7,12,25H,2,5,8-11,13H2,1H3,(H2,20,23). The summed E-state index contributed by atoms with van der Waals surface area (Å²) in [5, 5.41) is 11.6. The third-order valence-electron chi connectivity index (χ3n) is 4.96. The second-order valence-corrected chi connectivity index (χ2v) is 6.92. The number of piperidine rings is 1. The predicted octanol–water partition coefficient (Wildman–Crippen LogP) is 1.43. The summed E-state index contributed by atoms with van der Waals surface area (Å²) in [4.78, 5) is 25.6. The number of benzene rings is 1. The van der Waals surface area contributed by atoms with Gasteiger partial charge in [-0.05, 0) is 31.4 Å². The van der Waals surface area contributed by atoms with Crippen LogP contribution in [0.15, 0.2) is 30.5 Å². The predicted molar refractivity (Wildman–Crippen MR) is 95.9 cm³/mol. The van der Waals surface area contributed by atoms with Crippen molar-refractivity contribution in [2.24, 2.45) is 5.73 Å². The van der Waals surface area contributed by atoms with Crippen molar-refractivity contribution < 1.29 is 14.7 Å². The first-order valence-corrected chi connectivity index (χ1v) is 8.77. The minimum absolute atomic E-state index is 0.0263. The molecule has 1 aliphatic heterocycles. The molecule has 0 aliphatic carbocycles. The Balaban J connectivity index is 1.77. The van der Waals surface area contributed by atoms with Gasteiger partial charge in [-0.25, -0.2) is 0 Å². The quantitative estimate of drug-likeness (QED) is 0.861. The van der Waals surface area contributed by atoms with Crippen LogP contribution in [0.2, 0.25) is 0 Å². The zero-order chi connectivity index (χ0) is 18.0. The summed E-state index contributed by atoms with van der Waals surface area (Å²) >= 11 is 0. The Morgan fingerprint density at radius 2 is 2.08 bits per heavy atom. The molecule has 1 unspecified atom stereocenters. The van der Waals surface area contributed by atoms with E-state index in [1.807, 2.05) is 24.4 Å². The van der Waals surface area contributed by atoms with Crippen molar-refractivity contribution in [3.63, 3.8) is 0 Å². The molecule has 1 saturated heterocycles. The first kappa shape index (κ1) is 17.5. The lowest BCUT2D eigenvalue weighted by Crippen LogP contribution is -2.52. The van der Waals surface area contributed by atoms with Gasteiger partial charge in [-0.2, -0.15) is 0 Å². The van der Waals surface area contributed by atoms with E-state index >= 15 is 0 Å². The first-order valence-electron chi connectivity index (χ1n) is 8.77. The summed E-state index contributed by atoms with van der Waals surface area (Å²) in [5.74, 6) is -0.565. The molecule has 3 rings (SSSR count). The fourth-order valence-electron chi connectivity index (χ4n) is 3.79. The Bertz CT molecular complexity index is 798. The van der Waals surface area contributed by atoms with E-state index in [0.717, 1.165) is 23.0 Å². The lowest BCUT2D eigenvalue weighted by Gasteiger charge is -2.38. The fourth-order valence-corrected chi connectivity index (χ4v) is 3.79. The van der Waals surface area contributed by atoms with Crippen molar-refractivity contribution in [2.45, 2.75) is 44.8 Å². The number of hydrogen-bond donors (Lipinski definition) is 2. The van der Waals surface area contributed by atoms with Gasteiger partial charge in [-0.3, -0.25) is 9.59 Å². The van der Waals surface area contributed by atoms with E-state index in [2.05, 4.69) is 17.6 Å². The van der Waals surface area contributed by atoms with Crippen LogP contribution in [0.4, 0.5) is 0 Å². The molecule has 6 nitrogen and oxygen atoms in total. The molecule has 1 aromatic carbocycles. The van der Waals surface area contributed by atoms with E-state index in [1.165, 1.54) is 0 Å². The number of aromatic nitrogens is 1. The molecule has 2 heterocycles. The van der Waals surface area contributed by atoms with Crippen LogP contribution in [0.3, 0.4) is 0 Å². The van der Waals surface area contributed by atoms with Gasteiger partial charge in [0.05, 0.1) is 18.4 Å². The molecule has 3 N–H and O–H groups in total. The monoisotopic (exact) mass is 343 g/mol. The number of nitrogens with zero attached hydrogens (tertiary/aromatic N) is 2. The first-order chi connectivity index (χ1) is 11.9. The number of para-hydroxylation sites is 1. The van der Waals surface area contributed by atoms with Gasteiger partial charge in [0.15, 0.2) is 0 Å². The van der Waals surface area contributed by atoms with Crippen molar-refractivity contribution >= 4 is 22.7 Å². The van der Waals surface area contributed by atoms with Crippen LogP contribution in [-0.2, 0) is 22.6 Å². The van der Waals surface area contributed by atoms with Crippen LogP contribution in [0.1, 0.15) is 31.7 Å². The van der Waals surface area contributed by atoms with Gasteiger partial charge in [0.2, 0.25) is 11.8 Å². The topological polar surface area (TPSA) is 88.6 Å². The highest BCUT2D eigenvalue weighted by atomic mass is 16.3. The smallest absolute Gasteiger partial charge is 0.227 e. The number of nitrogens with two attached hydrogens (primary N) is 1. The van der Waals surface area contributed by atoms with E-state index in [9.17, 15) is 14.7 Å². The molecule has 134 valence electrons. The normalized spacial score (nSPS) is 20.8. The summed E-state index contributed by atoms with van der Waals surface area (Å²) < 4.78 is 2.14. The third kappa shape index (κ3) is 3.69. The fraction of sp³-hybridized carbons (Fsp3) is 0.474. The molecule has 25 heavy (non-hydrogen) atoms. The third-order valence-corrected chi connectivity index (χ3v) is 4.96. The van der Waals surface area contributed by atoms with Crippen molar-refractivity contribution in [3.05, 3.63) is 36.0 Å². The second-order valence-electron chi connectivity index (χ2n) is 6.92. The number of fused-ring (bicyclic) bond motifs is 1. The Kier molecular flexibility index (Phi) is 4.81. The number of amides is 2. The summed E-state index contributed by atoms with van der Waals surface area (Å²) in [6.45, 7) is 3.69. The molecule has 0 spiro atoms. The average molecular weight is 343 g/mol. The van der Waals surface area contributed by atoms with E-state index in [1.54, 1.807) is 4.90 Å². The van der Waals surface area contributed by atoms with Crippen molar-refractivity contribution in [1.29, 1.82) is 0 Å². The van der Waals surface area contributed by atoms with Crippen LogP contribution < -0.4 is 5.73 Å². The van der Waals surface area contributed by atoms with E-state index in [4.69, 9.17) is 5.73 Å². The van der Waals surface area contributed by atoms with Crippen molar-refractivity contribution in [2.75, 3.05) is 13.1 Å². The SMILES string of the molecule is CCn1cc(CC(=O)N2CCCC(O)(CC(N)=O)C2)c2ccccc21. The Morgan fingerprint density at radius 3 is 2.80 bits per heavy atom. The minimum atomic E-state index is -1.20. The Morgan fingerprint density at radius 1 is 1.32 bits per heavy atom.